The van der Waals surface area contributed by atoms with E-state index in [1.54, 1.807) is 6.33 Å². The Morgan fingerprint density at radius 2 is 1.81 bits per heavy atom. The summed E-state index contributed by atoms with van der Waals surface area (Å²) in [6.07, 6.45) is 1.98. The molecule has 2 N–H and O–H groups in total. The number of amides is 1. The molecular weight excluding hydrogens is 407 g/mol. The lowest BCUT2D eigenvalue weighted by Crippen LogP contribution is -2.47. The first-order chi connectivity index (χ1) is 15.5. The number of benzene rings is 2. The summed E-state index contributed by atoms with van der Waals surface area (Å²) in [5, 5.41) is 6.17. The highest BCUT2D eigenvalue weighted by Crippen LogP contribution is 2.28. The smallest absolute Gasteiger partial charge is 0.228 e. The quantitative estimate of drug-likeness (QED) is 0.640. The molecule has 1 saturated heterocycles. The molecule has 0 spiro atoms. The van der Waals surface area contributed by atoms with E-state index in [1.165, 1.54) is 12.1 Å². The molecule has 2 aromatic carbocycles. The maximum Gasteiger partial charge on any atom is 0.228 e. The third-order valence-corrected chi connectivity index (χ3v) is 6.19. The summed E-state index contributed by atoms with van der Waals surface area (Å²) < 4.78 is 13.2. The van der Waals surface area contributed by atoms with E-state index in [0.29, 0.717) is 12.2 Å². The first kappa shape index (κ1) is 20.4. The van der Waals surface area contributed by atoms with Crippen molar-refractivity contribution in [2.24, 2.45) is 0 Å². The van der Waals surface area contributed by atoms with Crippen LogP contribution in [0.2, 0.25) is 0 Å². The molecule has 0 aliphatic carbocycles. The number of aromatic nitrogens is 2. The first-order valence-corrected chi connectivity index (χ1v) is 10.8. The number of rotatable bonds is 5. The lowest BCUT2D eigenvalue weighted by Gasteiger charge is -2.38. The number of halogens is 1. The molecular formula is C24H25FN6O. The van der Waals surface area contributed by atoms with Gasteiger partial charge in [-0.3, -0.25) is 9.69 Å². The van der Waals surface area contributed by atoms with Crippen molar-refractivity contribution in [1.82, 2.24) is 14.9 Å². The molecule has 164 valence electrons. The van der Waals surface area contributed by atoms with Crippen LogP contribution in [0.3, 0.4) is 0 Å². The van der Waals surface area contributed by atoms with Crippen molar-refractivity contribution < 1.29 is 9.18 Å². The topological polar surface area (TPSA) is 73.4 Å². The number of hydrogen-bond donors (Lipinski definition) is 2. The van der Waals surface area contributed by atoms with E-state index in [1.807, 2.05) is 36.4 Å². The summed E-state index contributed by atoms with van der Waals surface area (Å²) in [7, 11) is 0. The molecule has 2 aliphatic rings. The zero-order valence-corrected chi connectivity index (χ0v) is 17.9. The zero-order valence-electron chi connectivity index (χ0n) is 17.9. The van der Waals surface area contributed by atoms with Gasteiger partial charge in [-0.05, 0) is 48.4 Å². The van der Waals surface area contributed by atoms with Gasteiger partial charge in [0.1, 0.15) is 23.8 Å². The average Bonchev–Trinajstić information content (AvgIpc) is 3.19. The Kier molecular flexibility index (Phi) is 5.45. The van der Waals surface area contributed by atoms with Crippen molar-refractivity contribution in [3.05, 3.63) is 71.8 Å². The first-order valence-electron chi connectivity index (χ1n) is 10.8. The van der Waals surface area contributed by atoms with Gasteiger partial charge in [0, 0.05) is 49.7 Å². The van der Waals surface area contributed by atoms with Gasteiger partial charge in [-0.25, -0.2) is 14.4 Å². The second-order valence-electron chi connectivity index (χ2n) is 8.23. The fourth-order valence-corrected chi connectivity index (χ4v) is 4.33. The Morgan fingerprint density at radius 1 is 1.03 bits per heavy atom. The highest BCUT2D eigenvalue weighted by atomic mass is 19.1. The second-order valence-corrected chi connectivity index (χ2v) is 8.23. The molecule has 8 heteroatoms. The van der Waals surface area contributed by atoms with Gasteiger partial charge >= 0.3 is 0 Å². The van der Waals surface area contributed by atoms with E-state index in [4.69, 9.17) is 0 Å². The van der Waals surface area contributed by atoms with Crippen molar-refractivity contribution in [1.29, 1.82) is 0 Å². The minimum atomic E-state index is -0.205. The molecule has 32 heavy (non-hydrogen) atoms. The molecule has 7 nitrogen and oxygen atoms in total. The SMILES string of the molecule is C[C@@H](c1ccc(F)cc1)N1CCN(c2cc(Nc3ccc4c(c3)CC(=O)N4)ncn2)CC1. The fourth-order valence-electron chi connectivity index (χ4n) is 4.33. The van der Waals surface area contributed by atoms with Crippen LogP contribution >= 0.6 is 0 Å². The van der Waals surface area contributed by atoms with Gasteiger partial charge in [0.25, 0.3) is 0 Å². The van der Waals surface area contributed by atoms with Gasteiger partial charge in [0.05, 0.1) is 6.42 Å². The standard InChI is InChI=1S/C24H25FN6O/c1-16(17-2-4-19(25)5-3-17)30-8-10-31(11-9-30)23-14-22(26-15-27-23)28-20-6-7-21-18(12-20)13-24(32)29-21/h2-7,12,14-16H,8-11,13H2,1H3,(H,29,32)(H,26,27,28)/t16-/m0/s1. The molecule has 0 bridgehead atoms. The van der Waals surface area contributed by atoms with Crippen LogP contribution in [0.1, 0.15) is 24.1 Å². The van der Waals surface area contributed by atoms with Crippen LogP contribution in [-0.2, 0) is 11.2 Å². The van der Waals surface area contributed by atoms with E-state index in [0.717, 1.165) is 54.5 Å². The molecule has 1 amide bonds. The maximum absolute atomic E-state index is 13.2. The van der Waals surface area contributed by atoms with Crippen LogP contribution in [0, 0.1) is 5.82 Å². The Bertz CT molecular complexity index is 1130. The lowest BCUT2D eigenvalue weighted by molar-refractivity contribution is -0.115. The van der Waals surface area contributed by atoms with Crippen LogP contribution in [0.5, 0.6) is 0 Å². The normalized spacial score (nSPS) is 17.1. The third kappa shape index (κ3) is 4.27. The largest absolute Gasteiger partial charge is 0.354 e. The molecule has 1 aromatic heterocycles. The van der Waals surface area contributed by atoms with E-state index in [-0.39, 0.29) is 17.8 Å². The zero-order chi connectivity index (χ0) is 22.1. The van der Waals surface area contributed by atoms with Gasteiger partial charge < -0.3 is 15.5 Å². The van der Waals surface area contributed by atoms with Crippen LogP contribution < -0.4 is 15.5 Å². The molecule has 0 radical (unpaired) electrons. The molecule has 0 unspecified atom stereocenters. The molecule has 5 rings (SSSR count). The number of carbonyl (C=O) groups is 1. The van der Waals surface area contributed by atoms with Gasteiger partial charge in [-0.1, -0.05) is 12.1 Å². The van der Waals surface area contributed by atoms with Crippen LogP contribution in [-0.4, -0.2) is 47.0 Å². The third-order valence-electron chi connectivity index (χ3n) is 6.19. The van der Waals surface area contributed by atoms with Gasteiger partial charge in [-0.15, -0.1) is 0 Å². The summed E-state index contributed by atoms with van der Waals surface area (Å²) in [6, 6.07) is 14.8. The molecule has 2 aliphatic heterocycles. The summed E-state index contributed by atoms with van der Waals surface area (Å²) in [5.74, 6) is 1.42. The van der Waals surface area contributed by atoms with Crippen molar-refractivity contribution in [2.45, 2.75) is 19.4 Å². The van der Waals surface area contributed by atoms with Crippen LogP contribution in [0.15, 0.2) is 54.9 Å². The predicted octanol–water partition coefficient (Wildman–Crippen LogP) is 3.74. The van der Waals surface area contributed by atoms with Crippen molar-refractivity contribution in [3.8, 4) is 0 Å². The van der Waals surface area contributed by atoms with E-state index < -0.39 is 0 Å². The van der Waals surface area contributed by atoms with E-state index in [2.05, 4.69) is 37.3 Å². The second kappa shape index (κ2) is 8.55. The van der Waals surface area contributed by atoms with Crippen molar-refractivity contribution in [2.75, 3.05) is 41.7 Å². The Balaban J connectivity index is 1.22. The number of nitrogens with one attached hydrogen (secondary N) is 2. The number of nitrogens with zero attached hydrogens (tertiary/aromatic N) is 4. The summed E-state index contributed by atoms with van der Waals surface area (Å²) in [6.45, 7) is 5.67. The predicted molar refractivity (Wildman–Crippen MR) is 123 cm³/mol. The van der Waals surface area contributed by atoms with Crippen molar-refractivity contribution >= 4 is 28.9 Å². The molecule has 3 heterocycles. The number of piperazine rings is 1. The van der Waals surface area contributed by atoms with Crippen molar-refractivity contribution in [3.63, 3.8) is 0 Å². The summed E-state index contributed by atoms with van der Waals surface area (Å²) in [4.78, 5) is 25.1. The molecule has 1 atom stereocenters. The number of fused-ring (bicyclic) bond motifs is 1. The average molecular weight is 433 g/mol. The Morgan fingerprint density at radius 3 is 2.59 bits per heavy atom. The monoisotopic (exact) mass is 432 g/mol. The minimum absolute atomic E-state index is 0.0226. The lowest BCUT2D eigenvalue weighted by atomic mass is 10.1. The number of hydrogen-bond acceptors (Lipinski definition) is 6. The highest BCUT2D eigenvalue weighted by Gasteiger charge is 2.23. The summed E-state index contributed by atoms with van der Waals surface area (Å²) in [5.41, 5.74) is 3.87. The van der Waals surface area contributed by atoms with Gasteiger partial charge in [0.2, 0.25) is 5.91 Å². The molecule has 3 aromatic rings. The Labute approximate surface area is 186 Å². The Hall–Kier alpha value is -3.52. The highest BCUT2D eigenvalue weighted by molar-refractivity contribution is 5.99. The van der Waals surface area contributed by atoms with Gasteiger partial charge in [-0.2, -0.15) is 0 Å². The van der Waals surface area contributed by atoms with E-state index >= 15 is 0 Å². The number of carbonyl (C=O) groups excluding carboxylic acids is 1. The van der Waals surface area contributed by atoms with E-state index in [9.17, 15) is 9.18 Å². The van der Waals surface area contributed by atoms with Gasteiger partial charge in [0.15, 0.2) is 0 Å². The van der Waals surface area contributed by atoms with Crippen LogP contribution in [0.25, 0.3) is 0 Å². The van der Waals surface area contributed by atoms with Crippen LogP contribution in [0.4, 0.5) is 27.4 Å². The molecule has 1 fully saturated rings. The summed E-state index contributed by atoms with van der Waals surface area (Å²) >= 11 is 0. The minimum Gasteiger partial charge on any atom is -0.354 e. The maximum atomic E-state index is 13.2. The number of anilines is 4. The molecule has 0 saturated carbocycles. The fraction of sp³-hybridized carbons (Fsp3) is 0.292.